The van der Waals surface area contributed by atoms with E-state index >= 15 is 0 Å². The number of aromatic nitrogens is 4. The zero-order valence-electron chi connectivity index (χ0n) is 20.8. The van der Waals surface area contributed by atoms with Crippen LogP contribution in [-0.4, -0.2) is 44.7 Å². The molecular weight excluding hydrogens is 510 g/mol. The number of amides is 1. The number of aromatic amines is 1. The molecule has 5 aromatic rings. The second kappa shape index (κ2) is 10.5. The van der Waals surface area contributed by atoms with Crippen LogP contribution in [0.4, 0.5) is 11.8 Å². The smallest absolute Gasteiger partial charge is 0.277 e. The maximum Gasteiger partial charge on any atom is 0.277 e. The minimum atomic E-state index is -0.341. The first-order chi connectivity index (χ1) is 19.1. The fourth-order valence-corrected chi connectivity index (χ4v) is 5.70. The van der Waals surface area contributed by atoms with Crippen molar-refractivity contribution in [2.24, 2.45) is 0 Å². The Kier molecular flexibility index (Phi) is 6.57. The number of ketones is 1. The first-order valence-corrected chi connectivity index (χ1v) is 13.4. The first-order valence-electron chi connectivity index (χ1n) is 12.5. The third-order valence-electron chi connectivity index (χ3n) is 6.81. The number of benzene rings is 2. The van der Waals surface area contributed by atoms with Crippen molar-refractivity contribution in [3.05, 3.63) is 99.6 Å². The van der Waals surface area contributed by atoms with Gasteiger partial charge in [0.15, 0.2) is 5.78 Å². The summed E-state index contributed by atoms with van der Waals surface area (Å²) < 4.78 is 0. The Morgan fingerprint density at radius 1 is 1.03 bits per heavy atom. The molecule has 1 aliphatic heterocycles. The van der Waals surface area contributed by atoms with Crippen molar-refractivity contribution in [2.45, 2.75) is 18.8 Å². The Labute approximate surface area is 228 Å². The quantitative estimate of drug-likeness (QED) is 0.289. The van der Waals surface area contributed by atoms with Crippen molar-refractivity contribution in [1.29, 1.82) is 5.26 Å². The van der Waals surface area contributed by atoms with Crippen molar-refractivity contribution < 1.29 is 9.59 Å². The number of H-pyrrole nitrogens is 1. The number of pyridine rings is 1. The van der Waals surface area contributed by atoms with E-state index in [0.717, 1.165) is 36.8 Å². The molecule has 0 radical (unpaired) electrons. The Morgan fingerprint density at radius 3 is 2.64 bits per heavy atom. The summed E-state index contributed by atoms with van der Waals surface area (Å²) in [6, 6.07) is 20.0. The molecule has 1 fully saturated rings. The van der Waals surface area contributed by atoms with Gasteiger partial charge in [0.1, 0.15) is 11.5 Å². The number of fused-ring (bicyclic) bond motifs is 1. The second-order valence-corrected chi connectivity index (χ2v) is 10.2. The first kappa shape index (κ1) is 24.5. The van der Waals surface area contributed by atoms with Gasteiger partial charge in [-0.1, -0.05) is 30.3 Å². The third-order valence-corrected chi connectivity index (χ3v) is 7.82. The highest BCUT2D eigenvalue weighted by atomic mass is 32.1. The fraction of sp³-hybridized carbons (Fsp3) is 0.172. The molecule has 10 heteroatoms. The van der Waals surface area contributed by atoms with Gasteiger partial charge < -0.3 is 9.88 Å². The molecule has 39 heavy (non-hydrogen) atoms. The highest BCUT2D eigenvalue weighted by Crippen LogP contribution is 2.32. The molecule has 0 bridgehead atoms. The normalized spacial score (nSPS) is 13.8. The highest BCUT2D eigenvalue weighted by Gasteiger charge is 2.25. The summed E-state index contributed by atoms with van der Waals surface area (Å²) in [5.41, 5.74) is 3.41. The van der Waals surface area contributed by atoms with Crippen molar-refractivity contribution in [3.8, 4) is 6.07 Å². The lowest BCUT2D eigenvalue weighted by Crippen LogP contribution is -2.33. The zero-order chi connectivity index (χ0) is 26.8. The number of hydrogen-bond donors (Lipinski definition) is 2. The summed E-state index contributed by atoms with van der Waals surface area (Å²) >= 11 is 1.49. The average Bonchev–Trinajstić information content (AvgIpc) is 3.64. The number of imidazole rings is 1. The number of carbonyl (C=O) groups is 2. The highest BCUT2D eigenvalue weighted by molar-refractivity contribution is 7.10. The van der Waals surface area contributed by atoms with Crippen LogP contribution < -0.4 is 10.2 Å². The molecule has 2 aromatic carbocycles. The van der Waals surface area contributed by atoms with Gasteiger partial charge in [0.25, 0.3) is 5.91 Å². The second-order valence-electron chi connectivity index (χ2n) is 9.31. The summed E-state index contributed by atoms with van der Waals surface area (Å²) in [6.45, 7) is 1.61. The summed E-state index contributed by atoms with van der Waals surface area (Å²) in [5, 5.41) is 14.6. The van der Waals surface area contributed by atoms with E-state index in [1.807, 2.05) is 24.3 Å². The van der Waals surface area contributed by atoms with Gasteiger partial charge in [0, 0.05) is 41.7 Å². The van der Waals surface area contributed by atoms with Gasteiger partial charge in [0.05, 0.1) is 27.7 Å². The molecule has 1 saturated heterocycles. The van der Waals surface area contributed by atoms with Gasteiger partial charge in [-0.3, -0.25) is 14.9 Å². The Bertz CT molecular complexity index is 1710. The molecule has 0 aliphatic carbocycles. The molecule has 0 unspecified atom stereocenters. The Balaban J connectivity index is 1.10. The van der Waals surface area contributed by atoms with Gasteiger partial charge in [0.2, 0.25) is 5.95 Å². The van der Waals surface area contributed by atoms with Crippen molar-refractivity contribution >= 4 is 45.8 Å². The monoisotopic (exact) mass is 533 g/mol. The molecule has 6 rings (SSSR count). The molecule has 2 N–H and O–H groups in total. The zero-order valence-corrected chi connectivity index (χ0v) is 21.6. The van der Waals surface area contributed by atoms with Crippen LogP contribution in [0.2, 0.25) is 0 Å². The van der Waals surface area contributed by atoms with Crippen LogP contribution >= 0.6 is 11.3 Å². The number of carbonyl (C=O) groups excluding carboxylic acids is 2. The summed E-state index contributed by atoms with van der Waals surface area (Å²) in [4.78, 5) is 44.4. The molecule has 4 heterocycles. The number of rotatable bonds is 6. The minimum absolute atomic E-state index is 0.0783. The van der Waals surface area contributed by atoms with Gasteiger partial charge in [-0.15, -0.1) is 11.3 Å². The average molecular weight is 534 g/mol. The summed E-state index contributed by atoms with van der Waals surface area (Å²) in [6.07, 6.45) is 3.44. The van der Waals surface area contributed by atoms with E-state index < -0.39 is 0 Å². The molecule has 3 aromatic heterocycles. The Hall–Kier alpha value is -4.88. The minimum Gasteiger partial charge on any atom is -0.357 e. The van der Waals surface area contributed by atoms with E-state index in [9.17, 15) is 9.59 Å². The van der Waals surface area contributed by atoms with Crippen LogP contribution in [0.5, 0.6) is 0 Å². The lowest BCUT2D eigenvalue weighted by molar-refractivity contribution is 0.101. The van der Waals surface area contributed by atoms with E-state index in [1.165, 1.54) is 11.3 Å². The SMILES string of the molecule is N#Cc1ccnc(N2CCC(c3nc(C(=O)Nc4nc5ccc(C(=O)c6ccccc6)cc5[nH]4)cs3)CC2)c1. The number of nitrogens with zero attached hydrogens (tertiary/aromatic N) is 5. The van der Waals surface area contributed by atoms with E-state index in [0.29, 0.717) is 39.4 Å². The number of piperidine rings is 1. The number of thiazole rings is 1. The number of anilines is 2. The number of hydrogen-bond acceptors (Lipinski definition) is 8. The predicted molar refractivity (Wildman–Crippen MR) is 149 cm³/mol. The molecular formula is C29H23N7O2S. The maximum atomic E-state index is 12.9. The topological polar surface area (TPSA) is 128 Å². The van der Waals surface area contributed by atoms with Crippen LogP contribution in [0.15, 0.2) is 72.2 Å². The molecule has 9 nitrogen and oxygen atoms in total. The number of nitrogens with one attached hydrogen (secondary N) is 2. The van der Waals surface area contributed by atoms with Crippen LogP contribution in [0.3, 0.4) is 0 Å². The standard InChI is InChI=1S/C29H23N7O2S/c30-16-18-8-11-31-25(14-18)36-12-9-20(10-13-36)28-32-24(17-39-28)27(38)35-29-33-22-7-6-21(15-23(22)34-29)26(37)19-4-2-1-3-5-19/h1-8,11,14-15,17,20H,9-10,12-13H2,(H2,33,34,35,38). The van der Waals surface area contributed by atoms with Crippen LogP contribution in [0, 0.1) is 11.3 Å². The van der Waals surface area contributed by atoms with E-state index in [1.54, 1.807) is 48.0 Å². The van der Waals surface area contributed by atoms with Crippen LogP contribution in [-0.2, 0) is 0 Å². The maximum absolute atomic E-state index is 12.9. The summed E-state index contributed by atoms with van der Waals surface area (Å²) in [7, 11) is 0. The molecule has 0 spiro atoms. The molecule has 1 aliphatic rings. The lowest BCUT2D eigenvalue weighted by Gasteiger charge is -2.32. The molecule has 192 valence electrons. The van der Waals surface area contributed by atoms with Gasteiger partial charge in [-0.2, -0.15) is 5.26 Å². The fourth-order valence-electron chi connectivity index (χ4n) is 4.73. The van der Waals surface area contributed by atoms with Crippen molar-refractivity contribution in [3.63, 3.8) is 0 Å². The van der Waals surface area contributed by atoms with Gasteiger partial charge in [-0.25, -0.2) is 15.0 Å². The largest absolute Gasteiger partial charge is 0.357 e. The number of nitriles is 1. The van der Waals surface area contributed by atoms with E-state index in [4.69, 9.17) is 5.26 Å². The predicted octanol–water partition coefficient (Wildman–Crippen LogP) is 5.15. The van der Waals surface area contributed by atoms with E-state index in [2.05, 4.69) is 36.2 Å². The van der Waals surface area contributed by atoms with Crippen molar-refractivity contribution in [2.75, 3.05) is 23.3 Å². The lowest BCUT2D eigenvalue weighted by atomic mass is 9.97. The third kappa shape index (κ3) is 5.12. The van der Waals surface area contributed by atoms with Crippen molar-refractivity contribution in [1.82, 2.24) is 19.9 Å². The van der Waals surface area contributed by atoms with E-state index in [-0.39, 0.29) is 17.6 Å². The van der Waals surface area contributed by atoms with Gasteiger partial charge >= 0.3 is 0 Å². The van der Waals surface area contributed by atoms with Gasteiger partial charge in [-0.05, 0) is 43.2 Å². The molecule has 1 amide bonds. The molecule has 0 saturated carbocycles. The summed E-state index contributed by atoms with van der Waals surface area (Å²) in [5.74, 6) is 0.958. The molecule has 0 atom stereocenters. The van der Waals surface area contributed by atoms with Crippen LogP contribution in [0.25, 0.3) is 11.0 Å². The Morgan fingerprint density at radius 2 is 1.85 bits per heavy atom. The van der Waals surface area contributed by atoms with Crippen LogP contribution in [0.1, 0.15) is 55.7 Å².